The molecule has 2 aromatic carbocycles. The number of halogens is 1. The summed E-state index contributed by atoms with van der Waals surface area (Å²) in [4.78, 5) is 14.0. The number of carbonyl (C=O) groups excluding carboxylic acids is 1. The minimum atomic E-state index is -0.123. The number of methoxy groups -OCH3 is 1. The zero-order valence-electron chi connectivity index (χ0n) is 14.7. The molecular formula is C20H20ClNO4. The number of carbonyl (C=O) groups is 1. The number of likely N-dealkylation sites (N-methyl/N-ethyl adjacent to an activating group) is 1. The lowest BCUT2D eigenvalue weighted by Crippen LogP contribution is -2.24. The van der Waals surface area contributed by atoms with Crippen molar-refractivity contribution in [3.8, 4) is 17.2 Å². The van der Waals surface area contributed by atoms with Crippen molar-refractivity contribution in [1.82, 2.24) is 4.90 Å². The molecule has 0 radical (unpaired) electrons. The van der Waals surface area contributed by atoms with E-state index in [1.54, 1.807) is 43.3 Å². The number of nitrogens with zero attached hydrogens (tertiary/aromatic N) is 1. The fourth-order valence-electron chi connectivity index (χ4n) is 2.66. The first-order chi connectivity index (χ1) is 12.6. The van der Waals surface area contributed by atoms with Gasteiger partial charge in [-0.25, -0.2) is 0 Å². The van der Waals surface area contributed by atoms with Gasteiger partial charge in [-0.3, -0.25) is 4.79 Å². The molecule has 3 rings (SSSR count). The van der Waals surface area contributed by atoms with Gasteiger partial charge in [-0.05, 0) is 42.0 Å². The normalized spacial score (nSPS) is 12.9. The van der Waals surface area contributed by atoms with Crippen molar-refractivity contribution in [3.05, 3.63) is 58.6 Å². The molecule has 0 aliphatic carbocycles. The van der Waals surface area contributed by atoms with Gasteiger partial charge in [0.05, 0.1) is 7.11 Å². The summed E-state index contributed by atoms with van der Waals surface area (Å²) in [6, 6.07) is 11.0. The van der Waals surface area contributed by atoms with E-state index in [2.05, 4.69) is 0 Å². The topological polar surface area (TPSA) is 48.0 Å². The van der Waals surface area contributed by atoms with Crippen molar-refractivity contribution in [3.63, 3.8) is 0 Å². The number of ether oxygens (including phenoxy) is 3. The van der Waals surface area contributed by atoms with Crippen molar-refractivity contribution in [2.75, 3.05) is 27.4 Å². The first-order valence-corrected chi connectivity index (χ1v) is 8.60. The molecule has 26 heavy (non-hydrogen) atoms. The maximum absolute atomic E-state index is 12.4. The first-order valence-electron chi connectivity index (χ1n) is 8.22. The maximum atomic E-state index is 12.4. The predicted molar refractivity (Wildman–Crippen MR) is 101 cm³/mol. The van der Waals surface area contributed by atoms with Gasteiger partial charge in [0.15, 0.2) is 11.5 Å². The Morgan fingerprint density at radius 3 is 2.73 bits per heavy atom. The van der Waals surface area contributed by atoms with Gasteiger partial charge >= 0.3 is 0 Å². The van der Waals surface area contributed by atoms with Crippen LogP contribution in [0.15, 0.2) is 42.5 Å². The Morgan fingerprint density at radius 2 is 1.96 bits per heavy atom. The van der Waals surface area contributed by atoms with Crippen LogP contribution in [0.5, 0.6) is 17.2 Å². The van der Waals surface area contributed by atoms with Gasteiger partial charge in [-0.15, -0.1) is 0 Å². The lowest BCUT2D eigenvalue weighted by molar-refractivity contribution is -0.125. The number of amides is 1. The van der Waals surface area contributed by atoms with Crippen molar-refractivity contribution < 1.29 is 19.0 Å². The molecule has 0 spiro atoms. The monoisotopic (exact) mass is 373 g/mol. The molecule has 136 valence electrons. The van der Waals surface area contributed by atoms with Gasteiger partial charge in [0.1, 0.15) is 19.0 Å². The van der Waals surface area contributed by atoms with Crippen molar-refractivity contribution in [2.24, 2.45) is 0 Å². The fourth-order valence-corrected chi connectivity index (χ4v) is 2.84. The highest BCUT2D eigenvalue weighted by molar-refractivity contribution is 6.30. The van der Waals surface area contributed by atoms with E-state index in [4.69, 9.17) is 25.8 Å². The Bertz CT molecular complexity index is 835. The Kier molecular flexibility index (Phi) is 5.68. The summed E-state index contributed by atoms with van der Waals surface area (Å²) in [7, 11) is 3.33. The summed E-state index contributed by atoms with van der Waals surface area (Å²) in [5.41, 5.74) is 1.72. The fraction of sp³-hybridized carbons (Fsp3) is 0.250. The molecule has 0 atom stereocenters. The number of rotatable bonds is 5. The molecule has 0 saturated heterocycles. The van der Waals surface area contributed by atoms with Crippen LogP contribution in [0.3, 0.4) is 0 Å². The molecule has 6 heteroatoms. The molecule has 0 bridgehead atoms. The molecule has 1 heterocycles. The van der Waals surface area contributed by atoms with E-state index in [0.29, 0.717) is 36.3 Å². The second kappa shape index (κ2) is 8.15. The Hall–Kier alpha value is -2.66. The van der Waals surface area contributed by atoms with Gasteiger partial charge in [0, 0.05) is 30.3 Å². The van der Waals surface area contributed by atoms with Crippen LogP contribution in [0.4, 0.5) is 0 Å². The highest BCUT2D eigenvalue weighted by Crippen LogP contribution is 2.31. The average Bonchev–Trinajstić information content (AvgIpc) is 2.66. The molecule has 1 aliphatic rings. The van der Waals surface area contributed by atoms with Crippen LogP contribution in [0.25, 0.3) is 6.08 Å². The summed E-state index contributed by atoms with van der Waals surface area (Å²) < 4.78 is 16.4. The quantitative estimate of drug-likeness (QED) is 0.748. The Labute approximate surface area is 157 Å². The van der Waals surface area contributed by atoms with Crippen LogP contribution in [0.1, 0.15) is 11.1 Å². The Balaban J connectivity index is 1.67. The third-order valence-corrected chi connectivity index (χ3v) is 4.23. The van der Waals surface area contributed by atoms with Gasteiger partial charge in [-0.1, -0.05) is 17.7 Å². The second-order valence-electron chi connectivity index (χ2n) is 5.89. The molecule has 5 nitrogen and oxygen atoms in total. The van der Waals surface area contributed by atoms with Crippen LogP contribution in [-0.4, -0.2) is 38.2 Å². The SMILES string of the molecule is COc1ccc(Cl)cc1C=CC(=O)N(C)Cc1ccc2c(c1)OCCO2. The van der Waals surface area contributed by atoms with Crippen LogP contribution in [0, 0.1) is 0 Å². The van der Waals surface area contributed by atoms with Gasteiger partial charge in [-0.2, -0.15) is 0 Å². The Morgan fingerprint density at radius 1 is 1.19 bits per heavy atom. The van der Waals surface area contributed by atoms with Gasteiger partial charge in [0.25, 0.3) is 0 Å². The minimum absolute atomic E-state index is 0.123. The van der Waals surface area contributed by atoms with Crippen LogP contribution in [0.2, 0.25) is 5.02 Å². The summed E-state index contributed by atoms with van der Waals surface area (Å²) >= 11 is 6.01. The number of hydrogen-bond acceptors (Lipinski definition) is 4. The summed E-state index contributed by atoms with van der Waals surface area (Å²) in [5, 5.41) is 0.586. The second-order valence-corrected chi connectivity index (χ2v) is 6.33. The van der Waals surface area contributed by atoms with E-state index in [-0.39, 0.29) is 5.91 Å². The lowest BCUT2D eigenvalue weighted by atomic mass is 10.1. The molecule has 0 aromatic heterocycles. The number of fused-ring (bicyclic) bond motifs is 1. The molecule has 2 aromatic rings. The van der Waals surface area contributed by atoms with E-state index in [0.717, 1.165) is 16.9 Å². The molecule has 1 amide bonds. The maximum Gasteiger partial charge on any atom is 0.246 e. The third kappa shape index (κ3) is 4.29. The zero-order chi connectivity index (χ0) is 18.5. The average molecular weight is 374 g/mol. The van der Waals surface area contributed by atoms with E-state index in [1.807, 2.05) is 18.2 Å². The van der Waals surface area contributed by atoms with Crippen molar-refractivity contribution in [1.29, 1.82) is 0 Å². The smallest absolute Gasteiger partial charge is 0.246 e. The van der Waals surface area contributed by atoms with Crippen LogP contribution in [-0.2, 0) is 11.3 Å². The minimum Gasteiger partial charge on any atom is -0.496 e. The molecule has 0 N–H and O–H groups in total. The van der Waals surface area contributed by atoms with Crippen molar-refractivity contribution in [2.45, 2.75) is 6.54 Å². The molecule has 1 aliphatic heterocycles. The summed E-state index contributed by atoms with van der Waals surface area (Å²) in [5.74, 6) is 1.99. The van der Waals surface area contributed by atoms with Gasteiger partial charge < -0.3 is 19.1 Å². The van der Waals surface area contributed by atoms with Crippen molar-refractivity contribution >= 4 is 23.6 Å². The highest BCUT2D eigenvalue weighted by atomic mass is 35.5. The zero-order valence-corrected chi connectivity index (χ0v) is 15.5. The van der Waals surface area contributed by atoms with Crippen LogP contribution >= 0.6 is 11.6 Å². The van der Waals surface area contributed by atoms with E-state index in [9.17, 15) is 4.79 Å². The molecule has 0 fully saturated rings. The number of benzene rings is 2. The van der Waals surface area contributed by atoms with E-state index >= 15 is 0 Å². The highest BCUT2D eigenvalue weighted by Gasteiger charge is 2.13. The molecule has 0 unspecified atom stereocenters. The van der Waals surface area contributed by atoms with Gasteiger partial charge in [0.2, 0.25) is 5.91 Å². The predicted octanol–water partition coefficient (Wildman–Crippen LogP) is 3.79. The summed E-state index contributed by atoms with van der Waals surface area (Å²) in [6.07, 6.45) is 3.21. The third-order valence-electron chi connectivity index (χ3n) is 4.00. The largest absolute Gasteiger partial charge is 0.496 e. The number of hydrogen-bond donors (Lipinski definition) is 0. The summed E-state index contributed by atoms with van der Waals surface area (Å²) in [6.45, 7) is 1.56. The van der Waals surface area contributed by atoms with E-state index < -0.39 is 0 Å². The first kappa shape index (κ1) is 18.1. The molecular weight excluding hydrogens is 354 g/mol. The standard InChI is InChI=1S/C20H20ClNO4/c1-22(13-14-3-6-18-19(11-14)26-10-9-25-18)20(23)8-4-15-12-16(21)5-7-17(15)24-2/h3-8,11-12H,9-10,13H2,1-2H3. The molecule has 0 saturated carbocycles. The van der Waals surface area contributed by atoms with Crippen LogP contribution < -0.4 is 14.2 Å². The lowest BCUT2D eigenvalue weighted by Gasteiger charge is -2.20. The van der Waals surface area contributed by atoms with E-state index in [1.165, 1.54) is 6.08 Å².